The Morgan fingerprint density at radius 1 is 1.40 bits per heavy atom. The van der Waals surface area contributed by atoms with Gasteiger partial charge >= 0.3 is 0 Å². The van der Waals surface area contributed by atoms with Gasteiger partial charge in [-0.3, -0.25) is 4.79 Å². The number of nitrogens with zero attached hydrogens (tertiary/aromatic N) is 1. The minimum Gasteiger partial charge on any atom is -0.352 e. The SMILES string of the molecule is CC1CCCN(CC(C)NC(=O)C2CCNC2)C1.Cl.Cl. The molecular formula is C14H29Cl2N3O. The molecule has 2 rings (SSSR count). The summed E-state index contributed by atoms with van der Waals surface area (Å²) in [5.41, 5.74) is 0. The molecule has 2 N–H and O–H groups in total. The van der Waals surface area contributed by atoms with Gasteiger partial charge in [0.15, 0.2) is 0 Å². The van der Waals surface area contributed by atoms with Crippen molar-refractivity contribution < 1.29 is 4.79 Å². The van der Waals surface area contributed by atoms with Crippen LogP contribution in [-0.4, -0.2) is 49.6 Å². The molecule has 0 aliphatic carbocycles. The minimum atomic E-state index is 0. The number of likely N-dealkylation sites (tertiary alicyclic amines) is 1. The largest absolute Gasteiger partial charge is 0.352 e. The summed E-state index contributed by atoms with van der Waals surface area (Å²) in [5, 5.41) is 6.41. The Morgan fingerprint density at radius 3 is 2.75 bits per heavy atom. The molecule has 2 heterocycles. The molecule has 6 heteroatoms. The van der Waals surface area contributed by atoms with Crippen LogP contribution in [0.3, 0.4) is 0 Å². The summed E-state index contributed by atoms with van der Waals surface area (Å²) in [6.45, 7) is 9.64. The second-order valence-corrected chi connectivity index (χ2v) is 6.11. The molecule has 2 aliphatic heterocycles. The van der Waals surface area contributed by atoms with E-state index in [0.717, 1.165) is 32.0 Å². The smallest absolute Gasteiger partial charge is 0.224 e. The van der Waals surface area contributed by atoms with Crippen LogP contribution in [-0.2, 0) is 4.79 Å². The lowest BCUT2D eigenvalue weighted by Crippen LogP contribution is -2.46. The highest BCUT2D eigenvalue weighted by Crippen LogP contribution is 2.15. The quantitative estimate of drug-likeness (QED) is 0.826. The fraction of sp³-hybridized carbons (Fsp3) is 0.929. The molecule has 4 nitrogen and oxygen atoms in total. The molecule has 2 saturated heterocycles. The summed E-state index contributed by atoms with van der Waals surface area (Å²) in [6.07, 6.45) is 3.64. The van der Waals surface area contributed by atoms with Gasteiger partial charge < -0.3 is 15.5 Å². The van der Waals surface area contributed by atoms with Gasteiger partial charge in [-0.25, -0.2) is 0 Å². The molecule has 3 unspecified atom stereocenters. The number of piperidine rings is 1. The van der Waals surface area contributed by atoms with E-state index in [4.69, 9.17) is 0 Å². The Kier molecular flexibility index (Phi) is 9.81. The third kappa shape index (κ3) is 6.17. The Balaban J connectivity index is 0.00000180. The monoisotopic (exact) mass is 325 g/mol. The lowest BCUT2D eigenvalue weighted by Gasteiger charge is -2.33. The van der Waals surface area contributed by atoms with Crippen LogP contribution in [0.4, 0.5) is 0 Å². The predicted molar refractivity (Wildman–Crippen MR) is 87.9 cm³/mol. The van der Waals surface area contributed by atoms with Crippen molar-refractivity contribution in [3.8, 4) is 0 Å². The second-order valence-electron chi connectivity index (χ2n) is 6.11. The summed E-state index contributed by atoms with van der Waals surface area (Å²) >= 11 is 0. The first-order chi connectivity index (χ1) is 8.65. The van der Waals surface area contributed by atoms with Crippen LogP contribution in [0.5, 0.6) is 0 Å². The van der Waals surface area contributed by atoms with E-state index in [1.165, 1.54) is 25.9 Å². The molecule has 3 atom stereocenters. The molecule has 0 aromatic carbocycles. The number of hydrogen-bond donors (Lipinski definition) is 2. The van der Waals surface area contributed by atoms with Crippen molar-refractivity contribution in [2.24, 2.45) is 11.8 Å². The lowest BCUT2D eigenvalue weighted by molar-refractivity contribution is -0.125. The van der Waals surface area contributed by atoms with Gasteiger partial charge in [0.05, 0.1) is 5.92 Å². The molecule has 0 spiro atoms. The number of carbonyl (C=O) groups is 1. The van der Waals surface area contributed by atoms with Crippen LogP contribution in [0.25, 0.3) is 0 Å². The Hall–Kier alpha value is -0.0300. The van der Waals surface area contributed by atoms with Gasteiger partial charge in [0.25, 0.3) is 0 Å². The number of carbonyl (C=O) groups excluding carboxylic acids is 1. The Bertz CT molecular complexity index is 286. The van der Waals surface area contributed by atoms with E-state index in [1.54, 1.807) is 0 Å². The predicted octanol–water partition coefficient (Wildman–Crippen LogP) is 1.68. The second kappa shape index (κ2) is 9.82. The van der Waals surface area contributed by atoms with Crippen LogP contribution in [0.2, 0.25) is 0 Å². The molecule has 0 bridgehead atoms. The summed E-state index contributed by atoms with van der Waals surface area (Å²) in [6, 6.07) is 0.267. The first-order valence-corrected chi connectivity index (χ1v) is 7.38. The highest BCUT2D eigenvalue weighted by Gasteiger charge is 2.24. The molecule has 20 heavy (non-hydrogen) atoms. The third-order valence-corrected chi connectivity index (χ3v) is 4.09. The van der Waals surface area contributed by atoms with Gasteiger partial charge in [-0.2, -0.15) is 0 Å². The van der Waals surface area contributed by atoms with Crippen LogP contribution in [0.15, 0.2) is 0 Å². The van der Waals surface area contributed by atoms with E-state index in [0.29, 0.717) is 0 Å². The standard InChI is InChI=1S/C14H27N3O.2ClH/c1-11-4-3-7-17(9-11)10-12(2)16-14(18)13-5-6-15-8-13;;/h11-13,15H,3-10H2,1-2H3,(H,16,18);2*1H. The van der Waals surface area contributed by atoms with Crippen molar-refractivity contribution in [3.05, 3.63) is 0 Å². The van der Waals surface area contributed by atoms with Crippen molar-refractivity contribution in [2.45, 2.75) is 39.2 Å². The molecule has 0 saturated carbocycles. The average Bonchev–Trinajstić information content (AvgIpc) is 2.81. The Morgan fingerprint density at radius 2 is 2.15 bits per heavy atom. The maximum absolute atomic E-state index is 12.0. The van der Waals surface area contributed by atoms with E-state index >= 15 is 0 Å². The molecule has 0 aromatic rings. The first kappa shape index (κ1) is 20.0. The first-order valence-electron chi connectivity index (χ1n) is 7.38. The minimum absolute atomic E-state index is 0. The Labute approximate surface area is 135 Å². The summed E-state index contributed by atoms with van der Waals surface area (Å²) in [7, 11) is 0. The van der Waals surface area contributed by atoms with Crippen LogP contribution in [0, 0.1) is 11.8 Å². The summed E-state index contributed by atoms with van der Waals surface area (Å²) in [5.74, 6) is 1.23. The average molecular weight is 326 g/mol. The zero-order chi connectivity index (χ0) is 13.0. The van der Waals surface area contributed by atoms with Crippen molar-refractivity contribution in [1.29, 1.82) is 0 Å². The van der Waals surface area contributed by atoms with Gasteiger partial charge in [-0.1, -0.05) is 6.92 Å². The number of nitrogens with one attached hydrogen (secondary N) is 2. The normalized spacial score (nSPS) is 28.1. The molecule has 1 amide bonds. The fourth-order valence-corrected chi connectivity index (χ4v) is 3.12. The van der Waals surface area contributed by atoms with Crippen molar-refractivity contribution >= 4 is 30.7 Å². The summed E-state index contributed by atoms with van der Waals surface area (Å²) in [4.78, 5) is 14.5. The highest BCUT2D eigenvalue weighted by atomic mass is 35.5. The number of amides is 1. The summed E-state index contributed by atoms with van der Waals surface area (Å²) < 4.78 is 0. The molecule has 0 aromatic heterocycles. The van der Waals surface area contributed by atoms with Crippen molar-refractivity contribution in [2.75, 3.05) is 32.7 Å². The van der Waals surface area contributed by atoms with Gasteiger partial charge in [-0.15, -0.1) is 24.8 Å². The van der Waals surface area contributed by atoms with Crippen LogP contribution >= 0.6 is 24.8 Å². The van der Waals surface area contributed by atoms with E-state index in [-0.39, 0.29) is 42.7 Å². The van der Waals surface area contributed by atoms with Gasteiger partial charge in [0.2, 0.25) is 5.91 Å². The highest BCUT2D eigenvalue weighted by molar-refractivity contribution is 5.85. The number of halogens is 2. The maximum atomic E-state index is 12.0. The molecule has 120 valence electrons. The van der Waals surface area contributed by atoms with Crippen LogP contribution in [0.1, 0.15) is 33.1 Å². The van der Waals surface area contributed by atoms with E-state index in [2.05, 4.69) is 29.4 Å². The van der Waals surface area contributed by atoms with Gasteiger partial charge in [0.1, 0.15) is 0 Å². The van der Waals surface area contributed by atoms with E-state index in [1.807, 2.05) is 0 Å². The molecule has 0 radical (unpaired) electrons. The maximum Gasteiger partial charge on any atom is 0.224 e. The van der Waals surface area contributed by atoms with E-state index < -0.39 is 0 Å². The zero-order valence-corrected chi connectivity index (χ0v) is 14.2. The van der Waals surface area contributed by atoms with Crippen LogP contribution < -0.4 is 10.6 Å². The lowest BCUT2D eigenvalue weighted by atomic mass is 10.00. The van der Waals surface area contributed by atoms with Gasteiger partial charge in [-0.05, 0) is 45.2 Å². The van der Waals surface area contributed by atoms with E-state index in [9.17, 15) is 4.79 Å². The molecular weight excluding hydrogens is 297 g/mol. The topological polar surface area (TPSA) is 44.4 Å². The van der Waals surface area contributed by atoms with Gasteiger partial charge in [0, 0.05) is 25.7 Å². The molecule has 2 fully saturated rings. The number of rotatable bonds is 4. The molecule has 2 aliphatic rings. The number of hydrogen-bond acceptors (Lipinski definition) is 3. The van der Waals surface area contributed by atoms with Crippen molar-refractivity contribution in [3.63, 3.8) is 0 Å². The zero-order valence-electron chi connectivity index (χ0n) is 12.6. The third-order valence-electron chi connectivity index (χ3n) is 4.09. The fourth-order valence-electron chi connectivity index (χ4n) is 3.12. The van der Waals surface area contributed by atoms with Crippen molar-refractivity contribution in [1.82, 2.24) is 15.5 Å².